The Morgan fingerprint density at radius 3 is 1.35 bits per heavy atom. The van der Waals surface area contributed by atoms with Crippen molar-refractivity contribution < 1.29 is 0 Å². The maximum absolute atomic E-state index is 5.92. The zero-order valence-electron chi connectivity index (χ0n) is 20.8. The number of aromatic nitrogens is 2. The first-order valence-electron chi connectivity index (χ1n) is 12.9. The van der Waals surface area contributed by atoms with Gasteiger partial charge < -0.3 is 21.3 Å². The Morgan fingerprint density at radius 2 is 0.971 bits per heavy atom. The molecule has 0 spiro atoms. The summed E-state index contributed by atoms with van der Waals surface area (Å²) in [6.45, 7) is 13.5. The normalized spacial score (nSPS) is 19.1. The van der Waals surface area contributed by atoms with E-state index in [9.17, 15) is 0 Å². The number of rotatable bonds is 8. The molecule has 34 heavy (non-hydrogen) atoms. The lowest BCUT2D eigenvalue weighted by Crippen LogP contribution is -2.43. The van der Waals surface area contributed by atoms with E-state index in [0.29, 0.717) is 13.1 Å². The minimum absolute atomic E-state index is 0.705. The summed E-state index contributed by atoms with van der Waals surface area (Å²) in [5, 5.41) is 0. The van der Waals surface area contributed by atoms with Gasteiger partial charge in [-0.05, 0) is 63.3 Å². The van der Waals surface area contributed by atoms with E-state index in [-0.39, 0.29) is 0 Å². The lowest BCUT2D eigenvalue weighted by molar-refractivity contribution is 0.154. The molecule has 3 heterocycles. The van der Waals surface area contributed by atoms with Crippen molar-refractivity contribution in [3.63, 3.8) is 0 Å². The minimum atomic E-state index is 0.705. The highest BCUT2D eigenvalue weighted by molar-refractivity contribution is 5.04. The molecule has 0 atom stereocenters. The molecule has 0 saturated carbocycles. The van der Waals surface area contributed by atoms with Crippen LogP contribution in [0.4, 0.5) is 0 Å². The largest absolute Gasteiger partial charge is 0.329 e. The summed E-state index contributed by atoms with van der Waals surface area (Å²) in [6.07, 6.45) is 6.04. The van der Waals surface area contributed by atoms with Crippen molar-refractivity contribution in [1.82, 2.24) is 29.6 Å². The number of nitrogens with zero attached hydrogens (tertiary/aromatic N) is 6. The van der Waals surface area contributed by atoms with E-state index >= 15 is 0 Å². The maximum Gasteiger partial charge on any atom is 0.0543 e. The van der Waals surface area contributed by atoms with Crippen LogP contribution in [0.25, 0.3) is 0 Å². The Morgan fingerprint density at radius 1 is 0.559 bits per heavy atom. The first kappa shape index (κ1) is 26.7. The Kier molecular flexibility index (Phi) is 12.4. The van der Waals surface area contributed by atoms with Crippen LogP contribution in [0.1, 0.15) is 24.2 Å². The fraction of sp³-hybridized carbons (Fsp3) is 0.615. The van der Waals surface area contributed by atoms with Crippen LogP contribution in [0.15, 0.2) is 48.8 Å². The van der Waals surface area contributed by atoms with Crippen LogP contribution in [0.3, 0.4) is 0 Å². The molecule has 0 unspecified atom stereocenters. The molecule has 1 saturated heterocycles. The summed E-state index contributed by atoms with van der Waals surface area (Å²) in [7, 11) is 0. The summed E-state index contributed by atoms with van der Waals surface area (Å²) in [4.78, 5) is 19.3. The highest BCUT2D eigenvalue weighted by atomic mass is 15.2. The molecule has 1 aliphatic rings. The zero-order chi connectivity index (χ0) is 23.8. The van der Waals surface area contributed by atoms with Gasteiger partial charge in [-0.3, -0.25) is 19.8 Å². The van der Waals surface area contributed by atoms with Crippen molar-refractivity contribution in [2.45, 2.75) is 25.9 Å². The molecule has 0 aliphatic carbocycles. The zero-order valence-corrected chi connectivity index (χ0v) is 20.8. The van der Waals surface area contributed by atoms with Gasteiger partial charge in [-0.25, -0.2) is 0 Å². The van der Waals surface area contributed by atoms with Gasteiger partial charge in [0.05, 0.1) is 11.4 Å². The number of hydrogen-bond donors (Lipinski definition) is 2. The fourth-order valence-corrected chi connectivity index (χ4v) is 4.62. The summed E-state index contributed by atoms with van der Waals surface area (Å²) in [5.74, 6) is 0. The first-order chi connectivity index (χ1) is 16.8. The van der Waals surface area contributed by atoms with Crippen LogP contribution < -0.4 is 11.5 Å². The lowest BCUT2D eigenvalue weighted by atomic mass is 10.2. The Hall–Kier alpha value is -1.94. The van der Waals surface area contributed by atoms with Crippen molar-refractivity contribution in [2.24, 2.45) is 11.5 Å². The smallest absolute Gasteiger partial charge is 0.0543 e. The van der Waals surface area contributed by atoms with Gasteiger partial charge in [-0.2, -0.15) is 0 Å². The van der Waals surface area contributed by atoms with Crippen LogP contribution in [-0.2, 0) is 13.1 Å². The molecule has 0 bridgehead atoms. The monoisotopic (exact) mass is 468 g/mol. The van der Waals surface area contributed by atoms with Crippen molar-refractivity contribution >= 4 is 0 Å². The Bertz CT molecular complexity index is 694. The predicted octanol–water partition coefficient (Wildman–Crippen LogP) is 1.10. The van der Waals surface area contributed by atoms with Crippen LogP contribution in [-0.4, -0.2) is 108 Å². The van der Waals surface area contributed by atoms with Gasteiger partial charge >= 0.3 is 0 Å². The lowest BCUT2D eigenvalue weighted by Gasteiger charge is -2.31. The van der Waals surface area contributed by atoms with Crippen LogP contribution in [0.2, 0.25) is 0 Å². The second-order valence-electron chi connectivity index (χ2n) is 9.16. The van der Waals surface area contributed by atoms with E-state index in [1.807, 2.05) is 24.5 Å². The van der Waals surface area contributed by atoms with E-state index in [1.165, 1.54) is 0 Å². The Balaban J connectivity index is 1.68. The van der Waals surface area contributed by atoms with E-state index in [0.717, 1.165) is 103 Å². The quantitative estimate of drug-likeness (QED) is 0.595. The molecular weight excluding hydrogens is 424 g/mol. The van der Waals surface area contributed by atoms with E-state index in [1.54, 1.807) is 0 Å². The summed E-state index contributed by atoms with van der Waals surface area (Å²) >= 11 is 0. The van der Waals surface area contributed by atoms with Crippen molar-refractivity contribution in [2.75, 3.05) is 78.5 Å². The average molecular weight is 469 g/mol. The molecule has 0 amide bonds. The molecular formula is C26H44N8. The van der Waals surface area contributed by atoms with Gasteiger partial charge in [0.2, 0.25) is 0 Å². The third kappa shape index (κ3) is 10.1. The molecule has 0 radical (unpaired) electrons. The maximum atomic E-state index is 5.92. The van der Waals surface area contributed by atoms with Gasteiger partial charge in [0.15, 0.2) is 0 Å². The number of hydrogen-bond acceptors (Lipinski definition) is 8. The second kappa shape index (κ2) is 15.9. The topological polar surface area (TPSA) is 90.8 Å². The molecule has 3 rings (SSSR count). The van der Waals surface area contributed by atoms with Gasteiger partial charge in [0.1, 0.15) is 0 Å². The molecule has 8 nitrogen and oxygen atoms in total. The van der Waals surface area contributed by atoms with E-state index in [4.69, 9.17) is 11.5 Å². The third-order valence-electron chi connectivity index (χ3n) is 6.48. The van der Waals surface area contributed by atoms with Crippen LogP contribution >= 0.6 is 0 Å². The number of pyridine rings is 2. The fourth-order valence-electron chi connectivity index (χ4n) is 4.62. The molecule has 0 aromatic carbocycles. The van der Waals surface area contributed by atoms with Crippen molar-refractivity contribution in [3.8, 4) is 0 Å². The SMILES string of the molecule is NCCN1CCCN(Cc2ccccn2)CCN(Cc2ccccn2)CCCN(CCN)CC1. The predicted molar refractivity (Wildman–Crippen MR) is 139 cm³/mol. The van der Waals surface area contributed by atoms with Crippen molar-refractivity contribution in [3.05, 3.63) is 60.2 Å². The summed E-state index contributed by atoms with van der Waals surface area (Å²) < 4.78 is 0. The van der Waals surface area contributed by atoms with Gasteiger partial charge in [-0.15, -0.1) is 0 Å². The summed E-state index contributed by atoms with van der Waals surface area (Å²) in [5.41, 5.74) is 14.1. The highest BCUT2D eigenvalue weighted by Gasteiger charge is 2.15. The molecule has 4 N–H and O–H groups in total. The van der Waals surface area contributed by atoms with E-state index in [2.05, 4.69) is 53.8 Å². The molecule has 2 aromatic heterocycles. The minimum Gasteiger partial charge on any atom is -0.329 e. The Labute approximate surface area is 205 Å². The van der Waals surface area contributed by atoms with Gasteiger partial charge in [-0.1, -0.05) is 12.1 Å². The van der Waals surface area contributed by atoms with Crippen LogP contribution in [0, 0.1) is 0 Å². The highest BCUT2D eigenvalue weighted by Crippen LogP contribution is 2.08. The molecule has 1 fully saturated rings. The van der Waals surface area contributed by atoms with E-state index < -0.39 is 0 Å². The number of nitrogens with two attached hydrogens (primary N) is 2. The van der Waals surface area contributed by atoms with Crippen molar-refractivity contribution in [1.29, 1.82) is 0 Å². The van der Waals surface area contributed by atoms with Crippen LogP contribution in [0.5, 0.6) is 0 Å². The van der Waals surface area contributed by atoms with Gasteiger partial charge in [0, 0.05) is 77.8 Å². The average Bonchev–Trinajstić information content (AvgIpc) is 2.86. The molecule has 8 heteroatoms. The molecule has 1 aliphatic heterocycles. The molecule has 2 aromatic rings. The third-order valence-corrected chi connectivity index (χ3v) is 6.48. The molecule has 188 valence electrons. The standard InChI is InChI=1S/C26H44N8/c27-9-17-31-13-5-15-33(23-25-7-1-3-11-29-25)21-22-34(24-26-8-2-4-12-30-26)16-6-14-32(18-10-28)20-19-31/h1-4,7-8,11-12H,5-6,9-10,13-24,27-28H2. The summed E-state index contributed by atoms with van der Waals surface area (Å²) in [6, 6.07) is 12.4. The second-order valence-corrected chi connectivity index (χ2v) is 9.16. The first-order valence-corrected chi connectivity index (χ1v) is 12.9. The van der Waals surface area contributed by atoms with Gasteiger partial charge in [0.25, 0.3) is 0 Å².